The van der Waals surface area contributed by atoms with Gasteiger partial charge in [-0.25, -0.2) is 4.79 Å². The maximum atomic E-state index is 11.6. The molecule has 0 heterocycles. The zero-order chi connectivity index (χ0) is 12.3. The Morgan fingerprint density at radius 3 is 2.65 bits per heavy atom. The van der Waals surface area contributed by atoms with Crippen LogP contribution in [0.15, 0.2) is 28.7 Å². The molecule has 0 radical (unpaired) electrons. The second-order valence-electron chi connectivity index (χ2n) is 4.57. The average molecular weight is 297 g/mol. The molecule has 0 bridgehead atoms. The van der Waals surface area contributed by atoms with Crippen molar-refractivity contribution in [2.45, 2.75) is 25.8 Å². The van der Waals surface area contributed by atoms with Gasteiger partial charge in [-0.05, 0) is 43.4 Å². The first-order chi connectivity index (χ1) is 8.15. The van der Waals surface area contributed by atoms with Crippen molar-refractivity contribution in [3.63, 3.8) is 0 Å². The number of nitrogens with one attached hydrogen (secondary N) is 2. The minimum Gasteiger partial charge on any atom is -0.338 e. The Labute approximate surface area is 110 Å². The normalized spacial score (nSPS) is 16.4. The van der Waals surface area contributed by atoms with E-state index in [1.54, 1.807) is 0 Å². The average Bonchev–Trinajstić information content (AvgIpc) is 3.11. The van der Waals surface area contributed by atoms with Crippen molar-refractivity contribution >= 4 is 22.0 Å². The van der Waals surface area contributed by atoms with Gasteiger partial charge in [0.25, 0.3) is 0 Å². The maximum absolute atomic E-state index is 11.6. The fourth-order valence-electron chi connectivity index (χ4n) is 1.64. The first-order valence-corrected chi connectivity index (χ1v) is 6.74. The van der Waals surface area contributed by atoms with Gasteiger partial charge in [-0.15, -0.1) is 0 Å². The second kappa shape index (κ2) is 5.54. The lowest BCUT2D eigenvalue weighted by molar-refractivity contribution is 0.237. The number of hydrogen-bond donors (Lipinski definition) is 2. The molecule has 1 fully saturated rings. The number of urea groups is 1. The number of halogens is 1. The Kier molecular flexibility index (Phi) is 4.05. The van der Waals surface area contributed by atoms with Crippen LogP contribution in [0.2, 0.25) is 0 Å². The summed E-state index contributed by atoms with van der Waals surface area (Å²) in [4.78, 5) is 11.6. The van der Waals surface area contributed by atoms with Crippen molar-refractivity contribution in [3.8, 4) is 0 Å². The molecule has 4 heteroatoms. The molecule has 0 saturated heterocycles. The summed E-state index contributed by atoms with van der Waals surface area (Å²) in [5.41, 5.74) is 1.11. The van der Waals surface area contributed by atoms with Crippen molar-refractivity contribution in [1.82, 2.24) is 10.6 Å². The molecule has 2 rings (SSSR count). The van der Waals surface area contributed by atoms with E-state index < -0.39 is 0 Å². The molecule has 1 saturated carbocycles. The van der Waals surface area contributed by atoms with E-state index in [-0.39, 0.29) is 12.1 Å². The molecule has 17 heavy (non-hydrogen) atoms. The summed E-state index contributed by atoms with van der Waals surface area (Å²) in [6.07, 6.45) is 2.51. The molecule has 2 N–H and O–H groups in total. The minimum atomic E-state index is -0.0766. The highest BCUT2D eigenvalue weighted by Gasteiger charge is 2.21. The Bertz CT molecular complexity index is 387. The Morgan fingerprint density at radius 1 is 1.41 bits per heavy atom. The molecule has 1 aliphatic rings. The quantitative estimate of drug-likeness (QED) is 0.880. The molecular formula is C13H17BrN2O. The first kappa shape index (κ1) is 12.4. The fourth-order valence-corrected chi connectivity index (χ4v) is 1.91. The third-order valence-corrected chi connectivity index (χ3v) is 3.49. The van der Waals surface area contributed by atoms with Gasteiger partial charge in [0.1, 0.15) is 0 Å². The third kappa shape index (κ3) is 4.04. The van der Waals surface area contributed by atoms with Crippen LogP contribution in [-0.2, 0) is 0 Å². The van der Waals surface area contributed by atoms with Crippen LogP contribution in [0.5, 0.6) is 0 Å². The fraction of sp³-hybridized carbons (Fsp3) is 0.462. The van der Waals surface area contributed by atoms with E-state index in [1.807, 2.05) is 31.2 Å². The lowest BCUT2D eigenvalue weighted by Crippen LogP contribution is -2.38. The lowest BCUT2D eigenvalue weighted by atomic mass is 10.1. The van der Waals surface area contributed by atoms with Gasteiger partial charge in [0, 0.05) is 11.0 Å². The minimum absolute atomic E-state index is 0.0299. The summed E-state index contributed by atoms with van der Waals surface area (Å²) in [5.74, 6) is 0.712. The molecule has 1 unspecified atom stereocenters. The summed E-state index contributed by atoms with van der Waals surface area (Å²) in [5, 5.41) is 5.83. The highest BCUT2D eigenvalue weighted by atomic mass is 79.9. The van der Waals surface area contributed by atoms with Crippen LogP contribution >= 0.6 is 15.9 Å². The standard InChI is InChI=1S/C13H17BrN2O/c1-9(11-4-6-12(14)7-5-11)16-13(17)15-8-10-2-3-10/h4-7,9-10H,2-3,8H2,1H3,(H2,15,16,17). The first-order valence-electron chi connectivity index (χ1n) is 5.95. The van der Waals surface area contributed by atoms with Crippen LogP contribution in [0, 0.1) is 5.92 Å². The van der Waals surface area contributed by atoms with Crippen LogP contribution in [0.3, 0.4) is 0 Å². The van der Waals surface area contributed by atoms with Crippen LogP contribution in [0.1, 0.15) is 31.4 Å². The summed E-state index contributed by atoms with van der Waals surface area (Å²) >= 11 is 3.39. The second-order valence-corrected chi connectivity index (χ2v) is 5.49. The van der Waals surface area contributed by atoms with E-state index in [4.69, 9.17) is 0 Å². The van der Waals surface area contributed by atoms with Crippen LogP contribution in [0.4, 0.5) is 4.79 Å². The molecule has 0 aromatic heterocycles. The van der Waals surface area contributed by atoms with Crippen molar-refractivity contribution in [3.05, 3.63) is 34.3 Å². The third-order valence-electron chi connectivity index (χ3n) is 2.97. The molecule has 3 nitrogen and oxygen atoms in total. The van der Waals surface area contributed by atoms with E-state index in [1.165, 1.54) is 12.8 Å². The summed E-state index contributed by atoms with van der Waals surface area (Å²) in [6, 6.07) is 7.94. The van der Waals surface area contributed by atoms with Crippen molar-refractivity contribution in [2.24, 2.45) is 5.92 Å². The Hall–Kier alpha value is -1.03. The van der Waals surface area contributed by atoms with E-state index in [0.29, 0.717) is 5.92 Å². The molecule has 1 atom stereocenters. The Morgan fingerprint density at radius 2 is 2.06 bits per heavy atom. The van der Waals surface area contributed by atoms with E-state index in [9.17, 15) is 4.79 Å². The van der Waals surface area contributed by atoms with E-state index >= 15 is 0 Å². The molecule has 0 spiro atoms. The highest BCUT2D eigenvalue weighted by molar-refractivity contribution is 9.10. The number of carbonyl (C=O) groups is 1. The molecule has 92 valence electrons. The van der Waals surface area contributed by atoms with Gasteiger partial charge in [0.05, 0.1) is 6.04 Å². The van der Waals surface area contributed by atoms with Gasteiger partial charge >= 0.3 is 6.03 Å². The van der Waals surface area contributed by atoms with E-state index in [2.05, 4.69) is 26.6 Å². The van der Waals surface area contributed by atoms with Crippen molar-refractivity contribution in [2.75, 3.05) is 6.54 Å². The van der Waals surface area contributed by atoms with Crippen molar-refractivity contribution in [1.29, 1.82) is 0 Å². The number of rotatable bonds is 4. The smallest absolute Gasteiger partial charge is 0.315 e. The largest absolute Gasteiger partial charge is 0.338 e. The summed E-state index contributed by atoms with van der Waals surface area (Å²) in [6.45, 7) is 2.79. The van der Waals surface area contributed by atoms with Gasteiger partial charge < -0.3 is 10.6 Å². The molecule has 0 aliphatic heterocycles. The molecular weight excluding hydrogens is 280 g/mol. The van der Waals surface area contributed by atoms with Gasteiger partial charge in [0.15, 0.2) is 0 Å². The molecule has 2 amide bonds. The predicted octanol–water partition coefficient (Wildman–Crippen LogP) is 3.22. The number of hydrogen-bond acceptors (Lipinski definition) is 1. The number of carbonyl (C=O) groups excluding carboxylic acids is 1. The SMILES string of the molecule is CC(NC(=O)NCC1CC1)c1ccc(Br)cc1. The number of amides is 2. The van der Waals surface area contributed by atoms with Crippen molar-refractivity contribution < 1.29 is 4.79 Å². The van der Waals surface area contributed by atoms with Crippen LogP contribution in [0.25, 0.3) is 0 Å². The van der Waals surface area contributed by atoms with Gasteiger partial charge in [0.2, 0.25) is 0 Å². The maximum Gasteiger partial charge on any atom is 0.315 e. The van der Waals surface area contributed by atoms with Gasteiger partial charge in [-0.1, -0.05) is 28.1 Å². The lowest BCUT2D eigenvalue weighted by Gasteiger charge is -2.15. The topological polar surface area (TPSA) is 41.1 Å². The Balaban J connectivity index is 1.80. The van der Waals surface area contributed by atoms with Gasteiger partial charge in [-0.3, -0.25) is 0 Å². The van der Waals surface area contributed by atoms with Crippen LogP contribution in [-0.4, -0.2) is 12.6 Å². The zero-order valence-electron chi connectivity index (χ0n) is 9.87. The molecule has 1 aliphatic carbocycles. The molecule has 1 aromatic carbocycles. The molecule has 1 aromatic rings. The summed E-state index contributed by atoms with van der Waals surface area (Å²) in [7, 11) is 0. The number of benzene rings is 1. The predicted molar refractivity (Wildman–Crippen MR) is 71.8 cm³/mol. The summed E-state index contributed by atoms with van der Waals surface area (Å²) < 4.78 is 1.05. The monoisotopic (exact) mass is 296 g/mol. The van der Waals surface area contributed by atoms with Crippen LogP contribution < -0.4 is 10.6 Å². The van der Waals surface area contributed by atoms with Gasteiger partial charge in [-0.2, -0.15) is 0 Å². The van der Waals surface area contributed by atoms with E-state index in [0.717, 1.165) is 16.6 Å². The zero-order valence-corrected chi connectivity index (χ0v) is 11.5. The highest BCUT2D eigenvalue weighted by Crippen LogP contribution is 2.27.